The number of hydrogen-bond donors (Lipinski definition) is 1. The van der Waals surface area contributed by atoms with Gasteiger partial charge in [-0.3, -0.25) is 4.90 Å². The summed E-state index contributed by atoms with van der Waals surface area (Å²) in [5.41, 5.74) is 1.86. The van der Waals surface area contributed by atoms with Crippen molar-refractivity contribution in [2.45, 2.75) is 31.4 Å². The molecule has 0 atom stereocenters. The Balaban J connectivity index is 1.49. The highest BCUT2D eigenvalue weighted by molar-refractivity contribution is 7.14. The van der Waals surface area contributed by atoms with Gasteiger partial charge in [0.2, 0.25) is 5.88 Å². The molecule has 0 amide bonds. The van der Waals surface area contributed by atoms with Gasteiger partial charge in [-0.2, -0.15) is 0 Å². The molecule has 26 heavy (non-hydrogen) atoms. The van der Waals surface area contributed by atoms with Gasteiger partial charge in [0.25, 0.3) is 0 Å². The lowest BCUT2D eigenvalue weighted by molar-refractivity contribution is -0.0981. The zero-order valence-corrected chi connectivity index (χ0v) is 15.6. The molecular weight excluding hydrogens is 352 g/mol. The fourth-order valence-electron chi connectivity index (χ4n) is 3.98. The number of carboxylic acid groups (broad SMARTS) is 1. The Labute approximate surface area is 156 Å². The van der Waals surface area contributed by atoms with Crippen LogP contribution in [-0.4, -0.2) is 47.8 Å². The number of piperidine rings is 1. The van der Waals surface area contributed by atoms with Crippen molar-refractivity contribution in [3.8, 4) is 5.88 Å². The number of fused-ring (bicyclic) bond motifs is 2. The van der Waals surface area contributed by atoms with Crippen LogP contribution in [0.15, 0.2) is 24.4 Å². The molecule has 1 fully saturated rings. The Morgan fingerprint density at radius 3 is 3.00 bits per heavy atom. The highest BCUT2D eigenvalue weighted by Crippen LogP contribution is 2.44. The molecule has 1 N–H and O–H groups in total. The van der Waals surface area contributed by atoms with Gasteiger partial charge < -0.3 is 14.6 Å². The molecule has 1 saturated heterocycles. The van der Waals surface area contributed by atoms with E-state index in [0.717, 1.165) is 50.0 Å². The molecule has 7 heteroatoms. The summed E-state index contributed by atoms with van der Waals surface area (Å²) in [7, 11) is 1.64. The number of aromatic nitrogens is 1. The van der Waals surface area contributed by atoms with Crippen molar-refractivity contribution < 1.29 is 19.4 Å². The van der Waals surface area contributed by atoms with Gasteiger partial charge in [-0.15, -0.1) is 11.3 Å². The summed E-state index contributed by atoms with van der Waals surface area (Å²) in [6.07, 6.45) is 4.30. The molecule has 6 nitrogen and oxygen atoms in total. The van der Waals surface area contributed by atoms with E-state index in [4.69, 9.17) is 9.47 Å². The van der Waals surface area contributed by atoms with Gasteiger partial charge in [-0.1, -0.05) is 6.07 Å². The number of pyridine rings is 1. The molecule has 0 saturated carbocycles. The normalized spacial score (nSPS) is 19.3. The maximum Gasteiger partial charge on any atom is 0.345 e. The van der Waals surface area contributed by atoms with Crippen molar-refractivity contribution in [2.24, 2.45) is 0 Å². The van der Waals surface area contributed by atoms with Gasteiger partial charge in [0.1, 0.15) is 4.88 Å². The van der Waals surface area contributed by atoms with Gasteiger partial charge in [-0.05, 0) is 30.5 Å². The number of aromatic carboxylic acids is 1. The second-order valence-corrected chi connectivity index (χ2v) is 7.93. The van der Waals surface area contributed by atoms with Crippen LogP contribution in [0.4, 0.5) is 0 Å². The maximum atomic E-state index is 11.3. The summed E-state index contributed by atoms with van der Waals surface area (Å²) in [6.45, 7) is 3.26. The predicted molar refractivity (Wildman–Crippen MR) is 97.9 cm³/mol. The molecule has 2 aromatic heterocycles. The van der Waals surface area contributed by atoms with Crippen LogP contribution in [0.3, 0.4) is 0 Å². The lowest BCUT2D eigenvalue weighted by Gasteiger charge is -2.44. The van der Waals surface area contributed by atoms with Crippen molar-refractivity contribution in [3.05, 3.63) is 45.3 Å². The summed E-state index contributed by atoms with van der Waals surface area (Å²) >= 11 is 1.40. The Bertz CT molecular complexity index is 812. The minimum Gasteiger partial charge on any atom is -0.481 e. The summed E-state index contributed by atoms with van der Waals surface area (Å²) < 4.78 is 11.6. The molecule has 0 aliphatic carbocycles. The Kier molecular flexibility index (Phi) is 4.69. The van der Waals surface area contributed by atoms with Crippen LogP contribution in [-0.2, 0) is 23.3 Å². The van der Waals surface area contributed by atoms with Gasteiger partial charge in [0.15, 0.2) is 0 Å². The lowest BCUT2D eigenvalue weighted by atomic mass is 9.82. The topological polar surface area (TPSA) is 71.9 Å². The zero-order chi connectivity index (χ0) is 18.1. The highest BCUT2D eigenvalue weighted by atomic mass is 32.1. The lowest BCUT2D eigenvalue weighted by Crippen LogP contribution is -2.45. The number of carboxylic acids is 1. The van der Waals surface area contributed by atoms with Gasteiger partial charge in [0.05, 0.1) is 19.3 Å². The molecule has 4 heterocycles. The van der Waals surface area contributed by atoms with E-state index in [1.54, 1.807) is 13.3 Å². The van der Waals surface area contributed by atoms with Crippen LogP contribution in [0, 0.1) is 0 Å². The molecule has 0 bridgehead atoms. The third kappa shape index (κ3) is 3.11. The van der Waals surface area contributed by atoms with E-state index in [0.29, 0.717) is 17.4 Å². The largest absolute Gasteiger partial charge is 0.481 e. The summed E-state index contributed by atoms with van der Waals surface area (Å²) in [6, 6.07) is 5.81. The minimum atomic E-state index is -0.847. The Morgan fingerprint density at radius 1 is 1.46 bits per heavy atom. The number of nitrogens with zero attached hydrogens (tertiary/aromatic N) is 2. The summed E-state index contributed by atoms with van der Waals surface area (Å²) in [5.74, 6) is -0.173. The van der Waals surface area contributed by atoms with E-state index in [-0.39, 0.29) is 5.60 Å². The van der Waals surface area contributed by atoms with E-state index in [1.165, 1.54) is 16.2 Å². The summed E-state index contributed by atoms with van der Waals surface area (Å²) in [5, 5.41) is 9.32. The molecule has 4 rings (SSSR count). The van der Waals surface area contributed by atoms with Crippen LogP contribution in [0.2, 0.25) is 0 Å². The van der Waals surface area contributed by atoms with E-state index in [2.05, 4.69) is 9.88 Å². The second-order valence-electron chi connectivity index (χ2n) is 6.79. The molecule has 2 aromatic rings. The first-order valence-electron chi connectivity index (χ1n) is 8.82. The second kappa shape index (κ2) is 6.98. The quantitative estimate of drug-likeness (QED) is 0.887. The third-order valence-corrected chi connectivity index (χ3v) is 6.50. The number of rotatable bonds is 4. The van der Waals surface area contributed by atoms with Crippen LogP contribution in [0.5, 0.6) is 5.88 Å². The highest BCUT2D eigenvalue weighted by Gasteiger charge is 2.42. The van der Waals surface area contributed by atoms with Crippen LogP contribution in [0.1, 0.15) is 38.5 Å². The Hall–Kier alpha value is -1.96. The van der Waals surface area contributed by atoms with Crippen molar-refractivity contribution in [2.75, 3.05) is 26.8 Å². The van der Waals surface area contributed by atoms with Crippen LogP contribution < -0.4 is 4.74 Å². The van der Waals surface area contributed by atoms with E-state index < -0.39 is 5.97 Å². The molecule has 2 aliphatic rings. The van der Waals surface area contributed by atoms with Gasteiger partial charge >= 0.3 is 5.97 Å². The number of ether oxygens (including phenoxy) is 2. The standard InChI is InChI=1S/C19H22N2O4S/c1-24-17-13(3-2-7-20-17)12-21-8-5-19(6-9-21)14-11-16(18(22)23)26-15(14)4-10-25-19/h2-3,7,11H,4-6,8-10,12H2,1H3,(H,22,23). The molecule has 0 aromatic carbocycles. The smallest absolute Gasteiger partial charge is 0.345 e. The third-order valence-electron chi connectivity index (χ3n) is 5.32. The zero-order valence-electron chi connectivity index (χ0n) is 14.7. The van der Waals surface area contributed by atoms with Crippen molar-refractivity contribution in [1.29, 1.82) is 0 Å². The maximum absolute atomic E-state index is 11.3. The van der Waals surface area contributed by atoms with E-state index >= 15 is 0 Å². The number of carbonyl (C=O) groups is 1. The monoisotopic (exact) mass is 374 g/mol. The number of hydrogen-bond acceptors (Lipinski definition) is 6. The predicted octanol–water partition coefficient (Wildman–Crippen LogP) is 2.91. The summed E-state index contributed by atoms with van der Waals surface area (Å²) in [4.78, 5) is 19.6. The van der Waals surface area contributed by atoms with E-state index in [1.807, 2.05) is 18.2 Å². The van der Waals surface area contributed by atoms with E-state index in [9.17, 15) is 9.90 Å². The number of thiophene rings is 1. The first kappa shape index (κ1) is 17.5. The number of likely N-dealkylation sites (tertiary alicyclic amines) is 1. The molecule has 0 unspecified atom stereocenters. The first-order chi connectivity index (χ1) is 12.6. The van der Waals surface area contributed by atoms with Crippen molar-refractivity contribution in [1.82, 2.24) is 9.88 Å². The minimum absolute atomic E-state index is 0.326. The fourth-order valence-corrected chi connectivity index (χ4v) is 5.05. The average Bonchev–Trinajstić information content (AvgIpc) is 3.11. The number of methoxy groups -OCH3 is 1. The SMILES string of the molecule is COc1ncccc1CN1CCC2(CC1)OCCc1sc(C(=O)O)cc12. The van der Waals surface area contributed by atoms with Crippen molar-refractivity contribution >= 4 is 17.3 Å². The Morgan fingerprint density at radius 2 is 2.27 bits per heavy atom. The van der Waals surface area contributed by atoms with Gasteiger partial charge in [0, 0.05) is 42.7 Å². The molecule has 0 radical (unpaired) electrons. The van der Waals surface area contributed by atoms with Crippen LogP contribution in [0.25, 0.3) is 0 Å². The fraction of sp³-hybridized carbons (Fsp3) is 0.474. The molecular formula is C19H22N2O4S. The molecule has 2 aliphatic heterocycles. The van der Waals surface area contributed by atoms with Crippen molar-refractivity contribution in [3.63, 3.8) is 0 Å². The van der Waals surface area contributed by atoms with Crippen LogP contribution >= 0.6 is 11.3 Å². The van der Waals surface area contributed by atoms with Gasteiger partial charge in [-0.25, -0.2) is 9.78 Å². The molecule has 1 spiro atoms. The first-order valence-corrected chi connectivity index (χ1v) is 9.64. The molecule has 138 valence electrons. The average molecular weight is 374 g/mol.